The van der Waals surface area contributed by atoms with Gasteiger partial charge in [0.05, 0.1) is 5.39 Å². The van der Waals surface area contributed by atoms with Crippen molar-refractivity contribution in [2.75, 3.05) is 5.73 Å². The van der Waals surface area contributed by atoms with Crippen LogP contribution < -0.4 is 5.73 Å². The average molecular weight is 363 g/mol. The fraction of sp³-hybridized carbons (Fsp3) is 0.571. The van der Waals surface area contributed by atoms with Crippen molar-refractivity contribution in [1.82, 2.24) is 19.7 Å². The Hall–Kier alpha value is -2.37. The van der Waals surface area contributed by atoms with Gasteiger partial charge in [-0.15, -0.1) is 0 Å². The first kappa shape index (κ1) is 15.7. The van der Waals surface area contributed by atoms with Crippen LogP contribution in [0.2, 0.25) is 0 Å². The molecule has 2 N–H and O–H groups in total. The lowest BCUT2D eigenvalue weighted by Crippen LogP contribution is -2.10. The smallest absolute Gasteiger partial charge is 0.146 e. The highest BCUT2D eigenvalue weighted by molar-refractivity contribution is 6.02. The van der Waals surface area contributed by atoms with Crippen molar-refractivity contribution >= 4 is 16.9 Å². The number of aromatic nitrogens is 4. The van der Waals surface area contributed by atoms with E-state index < -0.39 is 0 Å². The fourth-order valence-electron chi connectivity index (χ4n) is 5.36. The third-order valence-corrected chi connectivity index (χ3v) is 6.85. The number of nitrogen functional groups attached to an aromatic ring is 1. The van der Waals surface area contributed by atoms with Crippen molar-refractivity contribution in [2.24, 2.45) is 0 Å². The van der Waals surface area contributed by atoms with Crippen LogP contribution in [0.15, 0.2) is 10.9 Å². The van der Waals surface area contributed by atoms with Crippen LogP contribution in [0.1, 0.15) is 86.8 Å². The van der Waals surface area contributed by atoms with E-state index in [9.17, 15) is 0 Å². The van der Waals surface area contributed by atoms with Gasteiger partial charge in [0.1, 0.15) is 29.2 Å². The highest BCUT2D eigenvalue weighted by atomic mass is 16.5. The molecule has 3 aromatic rings. The Kier molecular flexibility index (Phi) is 3.23. The Balaban J connectivity index is 1.69. The first-order valence-electron chi connectivity index (χ1n) is 10.4. The zero-order chi connectivity index (χ0) is 18.1. The number of fused-ring (bicyclic) bond motifs is 5. The molecule has 2 fully saturated rings. The Morgan fingerprint density at radius 2 is 1.93 bits per heavy atom. The van der Waals surface area contributed by atoms with Crippen molar-refractivity contribution in [1.29, 1.82) is 0 Å². The number of anilines is 1. The van der Waals surface area contributed by atoms with Gasteiger partial charge in [-0.05, 0) is 44.4 Å². The Labute approximate surface area is 158 Å². The normalized spacial score (nSPS) is 22.8. The molecule has 0 aromatic carbocycles. The molecular formula is C21H25N5O. The van der Waals surface area contributed by atoms with Crippen LogP contribution in [0.25, 0.3) is 22.3 Å². The molecule has 3 aliphatic rings. The fourth-order valence-corrected chi connectivity index (χ4v) is 5.36. The maximum atomic E-state index is 6.39. The number of nitrogens with two attached hydrogens (primary N) is 1. The third-order valence-electron chi connectivity index (χ3n) is 6.85. The zero-order valence-electron chi connectivity index (χ0n) is 15.7. The van der Waals surface area contributed by atoms with Gasteiger partial charge >= 0.3 is 0 Å². The summed E-state index contributed by atoms with van der Waals surface area (Å²) in [6.45, 7) is 2.32. The van der Waals surface area contributed by atoms with Crippen LogP contribution in [0.5, 0.6) is 0 Å². The van der Waals surface area contributed by atoms with Crippen LogP contribution in [0.3, 0.4) is 0 Å². The second-order valence-electron chi connectivity index (χ2n) is 8.61. The molecule has 0 bridgehead atoms. The summed E-state index contributed by atoms with van der Waals surface area (Å²) in [5.74, 6) is 2.68. The summed E-state index contributed by atoms with van der Waals surface area (Å²) in [5, 5.41) is 5.58. The summed E-state index contributed by atoms with van der Waals surface area (Å²) >= 11 is 0. The lowest BCUT2D eigenvalue weighted by atomic mass is 9.94. The van der Waals surface area contributed by atoms with Gasteiger partial charge < -0.3 is 14.8 Å². The van der Waals surface area contributed by atoms with Gasteiger partial charge in [-0.1, -0.05) is 24.9 Å². The molecule has 6 heteroatoms. The molecule has 3 aliphatic carbocycles. The maximum Gasteiger partial charge on any atom is 0.146 e. The minimum Gasteiger partial charge on any atom is -0.383 e. The van der Waals surface area contributed by atoms with Crippen LogP contribution in [-0.2, 0) is 6.42 Å². The van der Waals surface area contributed by atoms with Crippen LogP contribution in [0, 0.1) is 0 Å². The molecule has 140 valence electrons. The highest BCUT2D eigenvalue weighted by Gasteiger charge is 2.38. The van der Waals surface area contributed by atoms with Crippen molar-refractivity contribution in [3.63, 3.8) is 0 Å². The molecule has 27 heavy (non-hydrogen) atoms. The van der Waals surface area contributed by atoms with E-state index in [1.54, 1.807) is 6.33 Å². The molecule has 0 amide bonds. The molecule has 0 radical (unpaired) electrons. The van der Waals surface area contributed by atoms with Crippen molar-refractivity contribution < 1.29 is 4.52 Å². The first-order chi connectivity index (χ1) is 13.2. The molecule has 0 aliphatic heterocycles. The summed E-state index contributed by atoms with van der Waals surface area (Å²) in [7, 11) is 0. The number of hydrogen-bond donors (Lipinski definition) is 1. The summed E-state index contributed by atoms with van der Waals surface area (Å²) in [6.07, 6.45) is 11.2. The van der Waals surface area contributed by atoms with Gasteiger partial charge in [0, 0.05) is 28.8 Å². The van der Waals surface area contributed by atoms with Crippen molar-refractivity contribution in [2.45, 2.75) is 76.2 Å². The topological polar surface area (TPSA) is 82.8 Å². The maximum absolute atomic E-state index is 6.39. The monoisotopic (exact) mass is 363 g/mol. The Morgan fingerprint density at radius 3 is 2.70 bits per heavy atom. The van der Waals surface area contributed by atoms with Gasteiger partial charge in [-0.3, -0.25) is 0 Å². The van der Waals surface area contributed by atoms with E-state index in [-0.39, 0.29) is 0 Å². The minimum atomic E-state index is 0.451. The summed E-state index contributed by atoms with van der Waals surface area (Å²) in [6, 6.07) is 0.511. The quantitative estimate of drug-likeness (QED) is 0.713. The van der Waals surface area contributed by atoms with Gasteiger partial charge in [0.2, 0.25) is 0 Å². The molecule has 6 nitrogen and oxygen atoms in total. The zero-order valence-corrected chi connectivity index (χ0v) is 15.7. The van der Waals surface area contributed by atoms with E-state index in [1.807, 2.05) is 0 Å². The predicted molar refractivity (Wildman–Crippen MR) is 104 cm³/mol. The first-order valence-corrected chi connectivity index (χ1v) is 10.4. The van der Waals surface area contributed by atoms with Gasteiger partial charge in [-0.25, -0.2) is 9.97 Å². The van der Waals surface area contributed by atoms with E-state index in [0.717, 1.165) is 40.9 Å². The second-order valence-corrected chi connectivity index (χ2v) is 8.61. The predicted octanol–water partition coefficient (Wildman–Crippen LogP) is 4.71. The number of hydrogen-bond acceptors (Lipinski definition) is 5. The highest BCUT2D eigenvalue weighted by Crippen LogP contribution is 2.51. The molecule has 0 spiro atoms. The average Bonchev–Trinajstić information content (AvgIpc) is 3.11. The van der Waals surface area contributed by atoms with Crippen molar-refractivity contribution in [3.05, 3.63) is 23.3 Å². The molecule has 3 aromatic heterocycles. The van der Waals surface area contributed by atoms with E-state index in [2.05, 4.69) is 26.6 Å². The summed E-state index contributed by atoms with van der Waals surface area (Å²) < 4.78 is 8.38. The molecule has 1 atom stereocenters. The summed E-state index contributed by atoms with van der Waals surface area (Å²) in [4.78, 5) is 9.01. The van der Waals surface area contributed by atoms with Crippen LogP contribution in [0.4, 0.5) is 5.82 Å². The van der Waals surface area contributed by atoms with E-state index in [4.69, 9.17) is 10.3 Å². The van der Waals surface area contributed by atoms with E-state index in [1.165, 1.54) is 49.8 Å². The SMILES string of the molecule is CC1CCc2c(c3c(N)ncnc3n2C2CCCC2)-c2noc(C3CC3)c21. The van der Waals surface area contributed by atoms with E-state index in [0.29, 0.717) is 23.7 Å². The summed E-state index contributed by atoms with van der Waals surface area (Å²) in [5.41, 5.74) is 12.2. The number of rotatable bonds is 2. The minimum absolute atomic E-state index is 0.451. The molecule has 6 rings (SSSR count). The lowest BCUT2D eigenvalue weighted by molar-refractivity contribution is 0.382. The third kappa shape index (κ3) is 2.15. The van der Waals surface area contributed by atoms with E-state index >= 15 is 0 Å². The molecular weight excluding hydrogens is 338 g/mol. The molecule has 1 unspecified atom stereocenters. The molecule has 0 saturated heterocycles. The Bertz CT molecular complexity index is 1040. The van der Waals surface area contributed by atoms with Crippen LogP contribution >= 0.6 is 0 Å². The lowest BCUT2D eigenvalue weighted by Gasteiger charge is -2.17. The second kappa shape index (κ2) is 5.57. The van der Waals surface area contributed by atoms with Gasteiger partial charge in [0.25, 0.3) is 0 Å². The Morgan fingerprint density at radius 1 is 1.11 bits per heavy atom. The van der Waals surface area contributed by atoms with Gasteiger partial charge in [-0.2, -0.15) is 0 Å². The number of nitrogens with zero attached hydrogens (tertiary/aromatic N) is 4. The van der Waals surface area contributed by atoms with Crippen LogP contribution in [-0.4, -0.2) is 19.7 Å². The van der Waals surface area contributed by atoms with Crippen molar-refractivity contribution in [3.8, 4) is 11.3 Å². The molecule has 2 saturated carbocycles. The molecule has 3 heterocycles. The largest absolute Gasteiger partial charge is 0.383 e. The standard InChI is InChI=1S/C21H25N5O/c1-11-6-9-14-16(18-15(11)19(27-25-18)12-7-8-12)17-20(22)23-10-24-21(17)26(14)13-4-2-3-5-13/h10-13H,2-9H2,1H3,(H2,22,23,24). The van der Waals surface area contributed by atoms with Gasteiger partial charge in [0.15, 0.2) is 0 Å².